The Kier molecular flexibility index (Phi) is 3.13. The van der Waals surface area contributed by atoms with E-state index in [-0.39, 0.29) is 5.54 Å². The Morgan fingerprint density at radius 1 is 1.29 bits per heavy atom. The van der Waals surface area contributed by atoms with Gasteiger partial charge in [0.15, 0.2) is 0 Å². The van der Waals surface area contributed by atoms with Gasteiger partial charge < -0.3 is 11.1 Å². The second-order valence-electron chi connectivity index (χ2n) is 5.45. The molecule has 0 aliphatic heterocycles. The molecule has 82 valence electrons. The maximum Gasteiger partial charge on any atom is 0.0166 e. The second-order valence-corrected chi connectivity index (χ2v) is 5.45. The van der Waals surface area contributed by atoms with E-state index >= 15 is 0 Å². The average molecular weight is 196 g/mol. The smallest absolute Gasteiger partial charge is 0.0166 e. The lowest BCUT2D eigenvalue weighted by Crippen LogP contribution is -2.44. The largest absolute Gasteiger partial charge is 0.325 e. The van der Waals surface area contributed by atoms with Crippen molar-refractivity contribution in [2.45, 2.75) is 63.5 Å². The zero-order valence-corrected chi connectivity index (χ0v) is 9.39. The van der Waals surface area contributed by atoms with E-state index in [1.54, 1.807) is 0 Å². The third-order valence-corrected chi connectivity index (χ3v) is 3.99. The van der Waals surface area contributed by atoms with Gasteiger partial charge >= 0.3 is 0 Å². The first-order valence-corrected chi connectivity index (χ1v) is 6.22. The van der Waals surface area contributed by atoms with Crippen LogP contribution in [0.3, 0.4) is 0 Å². The van der Waals surface area contributed by atoms with Gasteiger partial charge in [-0.2, -0.15) is 0 Å². The Bertz CT molecular complexity index is 185. The molecule has 0 aromatic carbocycles. The number of hydrogen-bond donors (Lipinski definition) is 2. The molecule has 2 nitrogen and oxygen atoms in total. The summed E-state index contributed by atoms with van der Waals surface area (Å²) in [6.45, 7) is 3.45. The monoisotopic (exact) mass is 196 g/mol. The molecule has 2 heteroatoms. The first-order chi connectivity index (χ1) is 6.70. The van der Waals surface area contributed by atoms with E-state index in [0.29, 0.717) is 0 Å². The van der Waals surface area contributed by atoms with Crippen LogP contribution in [0.15, 0.2) is 0 Å². The summed E-state index contributed by atoms with van der Waals surface area (Å²) >= 11 is 0. The number of rotatable bonds is 4. The van der Waals surface area contributed by atoms with Crippen LogP contribution in [0.2, 0.25) is 0 Å². The quantitative estimate of drug-likeness (QED) is 0.722. The molecule has 2 aliphatic rings. The van der Waals surface area contributed by atoms with Crippen molar-refractivity contribution in [2.24, 2.45) is 11.7 Å². The minimum atomic E-state index is 0.170. The highest BCUT2D eigenvalue weighted by atomic mass is 15.0. The van der Waals surface area contributed by atoms with Gasteiger partial charge in [-0.05, 0) is 38.1 Å². The van der Waals surface area contributed by atoms with Crippen molar-refractivity contribution in [3.8, 4) is 0 Å². The van der Waals surface area contributed by atoms with Gasteiger partial charge in [-0.1, -0.05) is 26.2 Å². The van der Waals surface area contributed by atoms with Gasteiger partial charge in [-0.25, -0.2) is 0 Å². The van der Waals surface area contributed by atoms with Crippen LogP contribution in [0.25, 0.3) is 0 Å². The standard InChI is InChI=1S/C12H24N2/c1-10-9-11(10)14-8-7-12(13)5-3-2-4-6-12/h10-11,14H,2-9,13H2,1H3. The van der Waals surface area contributed by atoms with Crippen molar-refractivity contribution < 1.29 is 0 Å². The molecule has 3 N–H and O–H groups in total. The lowest BCUT2D eigenvalue weighted by molar-refractivity contribution is 0.274. The predicted molar refractivity (Wildman–Crippen MR) is 60.2 cm³/mol. The first kappa shape index (κ1) is 10.4. The Morgan fingerprint density at radius 3 is 2.50 bits per heavy atom. The molecule has 0 amide bonds. The molecule has 14 heavy (non-hydrogen) atoms. The molecule has 0 radical (unpaired) electrons. The van der Waals surface area contributed by atoms with Crippen LogP contribution < -0.4 is 11.1 Å². The van der Waals surface area contributed by atoms with Crippen molar-refractivity contribution in [1.29, 1.82) is 0 Å². The van der Waals surface area contributed by atoms with Crippen LogP contribution in [0.1, 0.15) is 51.9 Å². The number of hydrogen-bond acceptors (Lipinski definition) is 2. The third kappa shape index (κ3) is 2.71. The van der Waals surface area contributed by atoms with E-state index in [1.165, 1.54) is 44.9 Å². The zero-order chi connectivity index (χ0) is 10.0. The molecule has 2 rings (SSSR count). The summed E-state index contributed by atoms with van der Waals surface area (Å²) in [7, 11) is 0. The Balaban J connectivity index is 1.63. The minimum Gasteiger partial charge on any atom is -0.325 e. The fraction of sp³-hybridized carbons (Fsp3) is 1.00. The second kappa shape index (κ2) is 4.19. The molecule has 0 aromatic heterocycles. The third-order valence-electron chi connectivity index (χ3n) is 3.99. The zero-order valence-electron chi connectivity index (χ0n) is 9.39. The molecule has 0 bridgehead atoms. The lowest BCUT2D eigenvalue weighted by Gasteiger charge is -2.33. The van der Waals surface area contributed by atoms with Gasteiger partial charge in [0.25, 0.3) is 0 Å². The molecule has 0 saturated heterocycles. The molecule has 0 spiro atoms. The van der Waals surface area contributed by atoms with Crippen LogP contribution in [-0.4, -0.2) is 18.1 Å². The fourth-order valence-electron chi connectivity index (χ4n) is 2.62. The normalized spacial score (nSPS) is 35.6. The maximum absolute atomic E-state index is 6.36. The Morgan fingerprint density at radius 2 is 1.93 bits per heavy atom. The van der Waals surface area contributed by atoms with E-state index in [1.807, 2.05) is 0 Å². The van der Waals surface area contributed by atoms with E-state index in [2.05, 4.69) is 12.2 Å². The van der Waals surface area contributed by atoms with E-state index in [0.717, 1.165) is 18.5 Å². The summed E-state index contributed by atoms with van der Waals surface area (Å²) in [6, 6.07) is 0.808. The van der Waals surface area contributed by atoms with Crippen molar-refractivity contribution in [3.05, 3.63) is 0 Å². The molecule has 0 aromatic rings. The van der Waals surface area contributed by atoms with Crippen LogP contribution >= 0.6 is 0 Å². The molecular formula is C12H24N2. The van der Waals surface area contributed by atoms with E-state index < -0.39 is 0 Å². The topological polar surface area (TPSA) is 38.0 Å². The highest BCUT2D eigenvalue weighted by Gasteiger charge is 2.33. The van der Waals surface area contributed by atoms with Crippen molar-refractivity contribution >= 4 is 0 Å². The molecule has 0 heterocycles. The van der Waals surface area contributed by atoms with Crippen LogP contribution in [-0.2, 0) is 0 Å². The van der Waals surface area contributed by atoms with Gasteiger partial charge in [-0.15, -0.1) is 0 Å². The van der Waals surface area contributed by atoms with Gasteiger partial charge in [0.1, 0.15) is 0 Å². The predicted octanol–water partition coefficient (Wildman–Crippen LogP) is 2.04. The van der Waals surface area contributed by atoms with E-state index in [9.17, 15) is 0 Å². The van der Waals surface area contributed by atoms with Gasteiger partial charge in [-0.3, -0.25) is 0 Å². The first-order valence-electron chi connectivity index (χ1n) is 6.22. The van der Waals surface area contributed by atoms with Crippen LogP contribution in [0.4, 0.5) is 0 Å². The summed E-state index contributed by atoms with van der Waals surface area (Å²) in [5.74, 6) is 0.912. The molecule has 2 aliphatic carbocycles. The highest BCUT2D eigenvalue weighted by Crippen LogP contribution is 2.31. The van der Waals surface area contributed by atoms with E-state index in [4.69, 9.17) is 5.73 Å². The van der Waals surface area contributed by atoms with Crippen molar-refractivity contribution in [3.63, 3.8) is 0 Å². The Hall–Kier alpha value is -0.0800. The maximum atomic E-state index is 6.36. The summed E-state index contributed by atoms with van der Waals surface area (Å²) in [5, 5.41) is 3.60. The summed E-state index contributed by atoms with van der Waals surface area (Å²) in [6.07, 6.45) is 9.12. The van der Waals surface area contributed by atoms with Crippen LogP contribution in [0.5, 0.6) is 0 Å². The molecule has 2 fully saturated rings. The number of nitrogens with two attached hydrogens (primary N) is 1. The molecule has 2 saturated carbocycles. The van der Waals surface area contributed by atoms with Gasteiger partial charge in [0, 0.05) is 11.6 Å². The summed E-state index contributed by atoms with van der Waals surface area (Å²) < 4.78 is 0. The fourth-order valence-corrected chi connectivity index (χ4v) is 2.62. The molecule has 2 atom stereocenters. The summed E-state index contributed by atoms with van der Waals surface area (Å²) in [5.41, 5.74) is 6.53. The summed E-state index contributed by atoms with van der Waals surface area (Å²) in [4.78, 5) is 0. The van der Waals surface area contributed by atoms with Gasteiger partial charge in [0.2, 0.25) is 0 Å². The highest BCUT2D eigenvalue weighted by molar-refractivity contribution is 4.92. The average Bonchev–Trinajstić information content (AvgIpc) is 2.83. The molecular weight excluding hydrogens is 172 g/mol. The molecule has 2 unspecified atom stereocenters. The Labute approximate surface area is 87.6 Å². The minimum absolute atomic E-state index is 0.170. The lowest BCUT2D eigenvalue weighted by atomic mass is 9.80. The number of nitrogens with one attached hydrogen (secondary N) is 1. The van der Waals surface area contributed by atoms with Gasteiger partial charge in [0.05, 0.1) is 0 Å². The van der Waals surface area contributed by atoms with Crippen molar-refractivity contribution in [1.82, 2.24) is 5.32 Å². The van der Waals surface area contributed by atoms with Crippen LogP contribution in [0, 0.1) is 5.92 Å². The SMILES string of the molecule is CC1CC1NCCC1(N)CCCCC1. The van der Waals surface area contributed by atoms with Crippen molar-refractivity contribution in [2.75, 3.05) is 6.54 Å².